The van der Waals surface area contributed by atoms with E-state index in [9.17, 15) is 4.79 Å². The van der Waals surface area contributed by atoms with Crippen LogP contribution in [0.25, 0.3) is 21.6 Å². The summed E-state index contributed by atoms with van der Waals surface area (Å²) in [5, 5.41) is 5.02. The monoisotopic (exact) mass is 475 g/mol. The van der Waals surface area contributed by atoms with E-state index in [0.29, 0.717) is 11.6 Å². The van der Waals surface area contributed by atoms with Gasteiger partial charge in [-0.05, 0) is 74.6 Å². The van der Waals surface area contributed by atoms with E-state index < -0.39 is 0 Å². The molecule has 2 aromatic carbocycles. The molecule has 0 saturated heterocycles. The van der Waals surface area contributed by atoms with E-state index >= 15 is 0 Å². The van der Waals surface area contributed by atoms with Crippen LogP contribution in [0.3, 0.4) is 0 Å². The van der Waals surface area contributed by atoms with Gasteiger partial charge in [-0.2, -0.15) is 0 Å². The van der Waals surface area contributed by atoms with Crippen LogP contribution in [-0.4, -0.2) is 28.7 Å². The molecule has 0 aliphatic heterocycles. The molecule has 168 valence electrons. The van der Waals surface area contributed by atoms with Gasteiger partial charge in [0.15, 0.2) is 5.82 Å². The number of carbonyl (C=O) groups is 1. The number of anilines is 1. The molecule has 0 unspecified atom stereocenters. The fraction of sp³-hybridized carbons (Fsp3) is 0.269. The lowest BCUT2D eigenvalue weighted by molar-refractivity contribution is -0.113. The van der Waals surface area contributed by atoms with Crippen LogP contribution >= 0.6 is 23.1 Å². The van der Waals surface area contributed by atoms with Crippen molar-refractivity contribution in [2.75, 3.05) is 18.2 Å². The van der Waals surface area contributed by atoms with Crippen molar-refractivity contribution >= 4 is 44.9 Å². The number of fused-ring (bicyclic) bond motifs is 3. The van der Waals surface area contributed by atoms with Crippen LogP contribution in [0.4, 0.5) is 5.69 Å². The molecule has 2 heterocycles. The van der Waals surface area contributed by atoms with E-state index in [-0.39, 0.29) is 5.91 Å². The molecule has 1 aliphatic rings. The maximum absolute atomic E-state index is 12.7. The molecule has 0 saturated carbocycles. The molecule has 5 rings (SSSR count). The first-order valence-electron chi connectivity index (χ1n) is 11.1. The van der Waals surface area contributed by atoms with Crippen molar-refractivity contribution in [3.05, 3.63) is 64.5 Å². The smallest absolute Gasteiger partial charge is 0.234 e. The number of hydrogen-bond donors (Lipinski definition) is 1. The van der Waals surface area contributed by atoms with Gasteiger partial charge in [0.25, 0.3) is 0 Å². The van der Waals surface area contributed by atoms with Gasteiger partial charge in [0, 0.05) is 21.5 Å². The minimum absolute atomic E-state index is 0.0364. The molecule has 4 aromatic rings. The molecule has 0 bridgehead atoms. The van der Waals surface area contributed by atoms with Crippen LogP contribution in [0.1, 0.15) is 28.8 Å². The first kappa shape index (κ1) is 21.9. The van der Waals surface area contributed by atoms with Gasteiger partial charge in [-0.3, -0.25) is 4.79 Å². The molecule has 2 aromatic heterocycles. The zero-order valence-corrected chi connectivity index (χ0v) is 20.3. The lowest BCUT2D eigenvalue weighted by Crippen LogP contribution is -2.14. The Morgan fingerprint density at radius 3 is 2.58 bits per heavy atom. The predicted molar refractivity (Wildman–Crippen MR) is 137 cm³/mol. The number of thiophene rings is 1. The molecule has 1 aliphatic carbocycles. The van der Waals surface area contributed by atoms with Crippen LogP contribution in [-0.2, 0) is 17.6 Å². The number of thioether (sulfide) groups is 1. The van der Waals surface area contributed by atoms with Crippen molar-refractivity contribution in [3.63, 3.8) is 0 Å². The van der Waals surface area contributed by atoms with Crippen molar-refractivity contribution in [3.8, 4) is 17.1 Å². The number of aryl methyl sites for hydroxylation is 3. The number of rotatable bonds is 6. The summed E-state index contributed by atoms with van der Waals surface area (Å²) in [5.74, 6) is 1.75. The van der Waals surface area contributed by atoms with Gasteiger partial charge in [-0.15, -0.1) is 11.3 Å². The summed E-state index contributed by atoms with van der Waals surface area (Å²) in [4.78, 5) is 25.0. The molecular formula is C26H25N3O2S2. The number of amides is 1. The second kappa shape index (κ2) is 9.53. The molecule has 7 heteroatoms. The van der Waals surface area contributed by atoms with E-state index in [0.717, 1.165) is 45.1 Å². The molecule has 0 fully saturated rings. The van der Waals surface area contributed by atoms with Crippen molar-refractivity contribution in [1.82, 2.24) is 9.97 Å². The van der Waals surface area contributed by atoms with E-state index in [1.54, 1.807) is 18.4 Å². The number of ether oxygens (including phenoxy) is 1. The average molecular weight is 476 g/mol. The number of methoxy groups -OCH3 is 1. The Bertz CT molecular complexity index is 1300. The Kier molecular flexibility index (Phi) is 6.33. The molecule has 1 N–H and O–H groups in total. The maximum atomic E-state index is 12.7. The fourth-order valence-corrected chi connectivity index (χ4v) is 6.25. The quantitative estimate of drug-likeness (QED) is 0.262. The average Bonchev–Trinajstić information content (AvgIpc) is 3.23. The third kappa shape index (κ3) is 4.75. The SMILES string of the molecule is COc1ccc(-c2nc(SCC(=O)Nc3ccc(C)cc3)c3c4c(sc3n2)CCCC4)cc1. The van der Waals surface area contributed by atoms with Crippen LogP contribution < -0.4 is 10.1 Å². The largest absolute Gasteiger partial charge is 0.497 e. The van der Waals surface area contributed by atoms with Crippen molar-refractivity contribution in [2.45, 2.75) is 37.6 Å². The van der Waals surface area contributed by atoms with Gasteiger partial charge in [0.05, 0.1) is 12.9 Å². The van der Waals surface area contributed by atoms with Gasteiger partial charge in [-0.1, -0.05) is 29.5 Å². The van der Waals surface area contributed by atoms with Crippen molar-refractivity contribution in [2.24, 2.45) is 0 Å². The van der Waals surface area contributed by atoms with Gasteiger partial charge in [0.1, 0.15) is 15.6 Å². The minimum Gasteiger partial charge on any atom is -0.497 e. The summed E-state index contributed by atoms with van der Waals surface area (Å²) in [5.41, 5.74) is 4.30. The summed E-state index contributed by atoms with van der Waals surface area (Å²) in [6.07, 6.45) is 4.58. The zero-order valence-electron chi connectivity index (χ0n) is 18.7. The highest BCUT2D eigenvalue weighted by Gasteiger charge is 2.22. The number of nitrogens with zero attached hydrogens (tertiary/aromatic N) is 2. The Balaban J connectivity index is 1.46. The number of carbonyl (C=O) groups excluding carboxylic acids is 1. The second-order valence-electron chi connectivity index (χ2n) is 8.17. The standard InChI is InChI=1S/C26H25N3O2S2/c1-16-7-11-18(12-8-16)27-22(30)15-32-25-23-20-5-3-4-6-21(20)33-26(23)29-24(28-25)17-9-13-19(31-2)14-10-17/h7-14H,3-6,15H2,1-2H3,(H,27,30). The summed E-state index contributed by atoms with van der Waals surface area (Å²) in [6, 6.07) is 15.6. The molecule has 0 radical (unpaired) electrons. The van der Waals surface area contributed by atoms with Crippen molar-refractivity contribution in [1.29, 1.82) is 0 Å². The molecular weight excluding hydrogens is 450 g/mol. The number of aromatic nitrogens is 2. The van der Waals surface area contributed by atoms with E-state index in [4.69, 9.17) is 14.7 Å². The Morgan fingerprint density at radius 1 is 1.06 bits per heavy atom. The summed E-state index contributed by atoms with van der Waals surface area (Å²) in [7, 11) is 1.66. The number of hydrogen-bond acceptors (Lipinski definition) is 6. The lowest BCUT2D eigenvalue weighted by Gasteiger charge is -2.12. The summed E-state index contributed by atoms with van der Waals surface area (Å²) in [6.45, 7) is 2.03. The Labute approximate surface area is 201 Å². The number of benzene rings is 2. The highest BCUT2D eigenvalue weighted by Crippen LogP contribution is 2.40. The van der Waals surface area contributed by atoms with E-state index in [2.05, 4.69) is 5.32 Å². The van der Waals surface area contributed by atoms with Crippen molar-refractivity contribution < 1.29 is 9.53 Å². The normalized spacial score (nSPS) is 13.0. The topological polar surface area (TPSA) is 64.1 Å². The first-order valence-corrected chi connectivity index (χ1v) is 12.9. The molecule has 33 heavy (non-hydrogen) atoms. The molecule has 5 nitrogen and oxygen atoms in total. The van der Waals surface area contributed by atoms with E-state index in [1.165, 1.54) is 40.6 Å². The zero-order chi connectivity index (χ0) is 22.8. The lowest BCUT2D eigenvalue weighted by atomic mass is 9.97. The highest BCUT2D eigenvalue weighted by atomic mass is 32.2. The van der Waals surface area contributed by atoms with Crippen LogP contribution in [0.15, 0.2) is 53.6 Å². The van der Waals surface area contributed by atoms with Gasteiger partial charge < -0.3 is 10.1 Å². The Hall–Kier alpha value is -2.90. The third-order valence-corrected chi connectivity index (χ3v) is 7.97. The van der Waals surface area contributed by atoms with Gasteiger partial charge in [-0.25, -0.2) is 9.97 Å². The van der Waals surface area contributed by atoms with Gasteiger partial charge >= 0.3 is 0 Å². The summed E-state index contributed by atoms with van der Waals surface area (Å²) >= 11 is 3.27. The van der Waals surface area contributed by atoms with E-state index in [1.807, 2.05) is 55.5 Å². The third-order valence-electron chi connectivity index (χ3n) is 5.81. The van der Waals surface area contributed by atoms with Crippen LogP contribution in [0.2, 0.25) is 0 Å². The summed E-state index contributed by atoms with van der Waals surface area (Å²) < 4.78 is 5.29. The minimum atomic E-state index is -0.0364. The van der Waals surface area contributed by atoms with Crippen LogP contribution in [0.5, 0.6) is 5.75 Å². The first-order chi connectivity index (χ1) is 16.1. The molecule has 1 amide bonds. The maximum Gasteiger partial charge on any atom is 0.234 e. The fourth-order valence-electron chi connectivity index (χ4n) is 4.07. The number of nitrogens with one attached hydrogen (secondary N) is 1. The predicted octanol–water partition coefficient (Wildman–Crippen LogP) is 6.28. The highest BCUT2D eigenvalue weighted by molar-refractivity contribution is 8.00. The van der Waals surface area contributed by atoms with Crippen LogP contribution in [0, 0.1) is 6.92 Å². The Morgan fingerprint density at radius 2 is 1.82 bits per heavy atom. The molecule has 0 atom stereocenters. The van der Waals surface area contributed by atoms with Gasteiger partial charge in [0.2, 0.25) is 5.91 Å². The molecule has 0 spiro atoms. The second-order valence-corrected chi connectivity index (χ2v) is 10.2.